The van der Waals surface area contributed by atoms with Crippen molar-refractivity contribution in [1.82, 2.24) is 14.8 Å². The highest BCUT2D eigenvalue weighted by molar-refractivity contribution is 5.85. The van der Waals surface area contributed by atoms with Gasteiger partial charge in [-0.15, -0.1) is 5.10 Å². The molecule has 4 aromatic rings. The molecule has 0 bridgehead atoms. The second-order valence-electron chi connectivity index (χ2n) is 8.77. The summed E-state index contributed by atoms with van der Waals surface area (Å²) in [5.41, 5.74) is 4.55. The van der Waals surface area contributed by atoms with Gasteiger partial charge in [0.05, 0.1) is 12.3 Å². The third kappa shape index (κ3) is 4.19. The molecule has 0 aliphatic heterocycles. The average Bonchev–Trinajstić information content (AvgIpc) is 3.47. The molecule has 0 radical (unpaired) electrons. The number of ether oxygens (including phenoxy) is 1. The van der Waals surface area contributed by atoms with Gasteiger partial charge < -0.3 is 10.1 Å². The molecule has 1 saturated carbocycles. The molecule has 1 aliphatic rings. The van der Waals surface area contributed by atoms with Crippen molar-refractivity contribution in [2.75, 3.05) is 18.5 Å². The van der Waals surface area contributed by atoms with Crippen molar-refractivity contribution in [3.05, 3.63) is 107 Å². The lowest BCUT2D eigenvalue weighted by Crippen LogP contribution is -2.23. The Bertz CT molecular complexity index is 1270. The van der Waals surface area contributed by atoms with E-state index in [4.69, 9.17) is 4.74 Å². The minimum atomic E-state index is -0.525. The molecule has 2 atom stereocenters. The van der Waals surface area contributed by atoms with Gasteiger partial charge in [0.15, 0.2) is 0 Å². The Hall–Kier alpha value is -3.93. The maximum Gasteiger partial charge on any atom is 0.378 e. The van der Waals surface area contributed by atoms with Gasteiger partial charge in [0.2, 0.25) is 5.95 Å². The monoisotopic (exact) mass is 452 g/mol. The van der Waals surface area contributed by atoms with Crippen LogP contribution in [0.15, 0.2) is 84.9 Å². The number of anilines is 1. The molecule has 1 aromatic heterocycles. The van der Waals surface area contributed by atoms with Crippen LogP contribution in [0.2, 0.25) is 0 Å². The summed E-state index contributed by atoms with van der Waals surface area (Å²) in [6, 6.07) is 29.2. The van der Waals surface area contributed by atoms with Crippen LogP contribution in [-0.4, -0.2) is 33.9 Å². The fourth-order valence-corrected chi connectivity index (χ4v) is 4.63. The number of hydrogen-bond acceptors (Lipinski definition) is 5. The van der Waals surface area contributed by atoms with Gasteiger partial charge in [-0.2, -0.15) is 9.67 Å². The third-order valence-electron chi connectivity index (χ3n) is 6.53. The van der Waals surface area contributed by atoms with Crippen LogP contribution in [0.3, 0.4) is 0 Å². The van der Waals surface area contributed by atoms with Crippen molar-refractivity contribution in [2.24, 2.45) is 0 Å². The minimum absolute atomic E-state index is 0.0501. The second-order valence-corrected chi connectivity index (χ2v) is 8.77. The van der Waals surface area contributed by atoms with E-state index in [1.54, 1.807) is 11.6 Å². The highest BCUT2D eigenvalue weighted by Gasteiger charge is 2.55. The van der Waals surface area contributed by atoms with E-state index in [0.717, 1.165) is 17.7 Å². The lowest BCUT2D eigenvalue weighted by molar-refractivity contribution is 0.0512. The maximum absolute atomic E-state index is 12.4. The van der Waals surface area contributed by atoms with Crippen LogP contribution >= 0.6 is 0 Å². The van der Waals surface area contributed by atoms with E-state index in [2.05, 4.69) is 70.0 Å². The van der Waals surface area contributed by atoms with Crippen LogP contribution in [0.1, 0.15) is 46.6 Å². The summed E-state index contributed by atoms with van der Waals surface area (Å²) >= 11 is 0. The first-order valence-electron chi connectivity index (χ1n) is 11.7. The number of carbonyl (C=O) groups excluding carboxylic acids is 1. The molecular weight excluding hydrogens is 424 g/mol. The first kappa shape index (κ1) is 21.9. The predicted molar refractivity (Wildman–Crippen MR) is 132 cm³/mol. The lowest BCUT2D eigenvalue weighted by Gasteiger charge is -2.20. The molecular formula is C28H28N4O2. The average molecular weight is 453 g/mol. The smallest absolute Gasteiger partial charge is 0.378 e. The quantitative estimate of drug-likeness (QED) is 0.368. The molecule has 0 amide bonds. The summed E-state index contributed by atoms with van der Waals surface area (Å²) in [7, 11) is 0. The summed E-state index contributed by atoms with van der Waals surface area (Å²) < 4.78 is 6.83. The van der Waals surface area contributed by atoms with Gasteiger partial charge in [-0.3, -0.25) is 0 Å². The van der Waals surface area contributed by atoms with E-state index in [1.807, 2.05) is 37.3 Å². The summed E-state index contributed by atoms with van der Waals surface area (Å²) in [6.07, 6.45) is 1.04. The number of carbonyl (C=O) groups is 1. The molecule has 6 heteroatoms. The van der Waals surface area contributed by atoms with Crippen molar-refractivity contribution in [3.8, 4) is 5.69 Å². The van der Waals surface area contributed by atoms with Gasteiger partial charge in [0.25, 0.3) is 5.82 Å². The maximum atomic E-state index is 12.4. The Morgan fingerprint density at radius 3 is 2.38 bits per heavy atom. The first-order chi connectivity index (χ1) is 16.6. The predicted octanol–water partition coefficient (Wildman–Crippen LogP) is 5.29. The molecule has 1 aliphatic carbocycles. The van der Waals surface area contributed by atoms with Crippen LogP contribution in [-0.2, 0) is 10.2 Å². The normalized spacial score (nSPS) is 18.9. The van der Waals surface area contributed by atoms with E-state index < -0.39 is 5.97 Å². The van der Waals surface area contributed by atoms with E-state index in [-0.39, 0.29) is 17.8 Å². The molecule has 1 heterocycles. The highest BCUT2D eigenvalue weighted by Crippen LogP contribution is 2.60. The Morgan fingerprint density at radius 1 is 1.03 bits per heavy atom. The number of esters is 1. The van der Waals surface area contributed by atoms with Crippen molar-refractivity contribution in [1.29, 1.82) is 0 Å². The van der Waals surface area contributed by atoms with Crippen molar-refractivity contribution >= 4 is 11.9 Å². The third-order valence-corrected chi connectivity index (χ3v) is 6.53. The summed E-state index contributed by atoms with van der Waals surface area (Å²) in [5.74, 6) is 0.460. The fourth-order valence-electron chi connectivity index (χ4n) is 4.63. The molecule has 1 N–H and O–H groups in total. The Kier molecular flexibility index (Phi) is 5.88. The highest BCUT2D eigenvalue weighted by atomic mass is 16.5. The van der Waals surface area contributed by atoms with Crippen LogP contribution in [0, 0.1) is 6.92 Å². The SMILES string of the molecule is CCOC(=O)c1nc(NC[C@@]2(c3ccccc3)C[C@@H]2c2ccccc2)n(-c2ccc(C)cc2)n1. The number of hydrogen-bond donors (Lipinski definition) is 1. The topological polar surface area (TPSA) is 69.0 Å². The van der Waals surface area contributed by atoms with Gasteiger partial charge in [-0.05, 0) is 49.4 Å². The summed E-state index contributed by atoms with van der Waals surface area (Å²) in [4.78, 5) is 16.9. The van der Waals surface area contributed by atoms with Gasteiger partial charge in [0, 0.05) is 12.0 Å². The molecule has 0 saturated heterocycles. The zero-order valence-electron chi connectivity index (χ0n) is 19.4. The minimum Gasteiger partial charge on any atom is -0.460 e. The van der Waals surface area contributed by atoms with Gasteiger partial charge in [0.1, 0.15) is 0 Å². The number of aryl methyl sites for hydroxylation is 1. The van der Waals surface area contributed by atoms with Crippen LogP contribution in [0.25, 0.3) is 5.69 Å². The van der Waals surface area contributed by atoms with Crippen molar-refractivity contribution < 1.29 is 9.53 Å². The Morgan fingerprint density at radius 2 is 1.71 bits per heavy atom. The van der Waals surface area contributed by atoms with Gasteiger partial charge in [-0.25, -0.2) is 4.79 Å². The number of aromatic nitrogens is 3. The zero-order chi connectivity index (χ0) is 23.5. The molecule has 34 heavy (non-hydrogen) atoms. The van der Waals surface area contributed by atoms with Gasteiger partial charge >= 0.3 is 5.97 Å². The first-order valence-corrected chi connectivity index (χ1v) is 11.7. The van der Waals surface area contributed by atoms with Crippen molar-refractivity contribution in [3.63, 3.8) is 0 Å². The largest absolute Gasteiger partial charge is 0.460 e. The molecule has 0 spiro atoms. The fraction of sp³-hybridized carbons (Fsp3) is 0.250. The van der Waals surface area contributed by atoms with E-state index in [1.165, 1.54) is 11.1 Å². The second kappa shape index (κ2) is 9.14. The zero-order valence-corrected chi connectivity index (χ0v) is 19.4. The number of benzene rings is 3. The molecule has 172 valence electrons. The van der Waals surface area contributed by atoms with Crippen LogP contribution in [0.4, 0.5) is 5.95 Å². The Labute approximate surface area is 199 Å². The van der Waals surface area contributed by atoms with Gasteiger partial charge in [-0.1, -0.05) is 78.4 Å². The van der Waals surface area contributed by atoms with E-state index >= 15 is 0 Å². The Balaban J connectivity index is 1.48. The van der Waals surface area contributed by atoms with Crippen molar-refractivity contribution in [2.45, 2.75) is 31.6 Å². The number of nitrogens with zero attached hydrogens (tertiary/aromatic N) is 3. The molecule has 1 fully saturated rings. The molecule has 5 rings (SSSR count). The molecule has 6 nitrogen and oxygen atoms in total. The standard InChI is InChI=1S/C28H28N4O2/c1-3-34-26(33)25-30-27(32(31-25)23-16-14-20(2)15-17-23)29-19-28(22-12-8-5-9-13-22)18-24(28)21-10-6-4-7-11-21/h4-17,24H,3,18-19H2,1-2H3,(H,29,30,31)/t24-,28-/m1/s1. The summed E-state index contributed by atoms with van der Waals surface area (Å²) in [6.45, 7) is 4.75. The van der Waals surface area contributed by atoms with E-state index in [0.29, 0.717) is 18.4 Å². The molecule has 3 aromatic carbocycles. The molecule has 0 unspecified atom stereocenters. The lowest BCUT2D eigenvalue weighted by atomic mass is 9.90. The number of nitrogens with one attached hydrogen (secondary N) is 1. The van der Waals surface area contributed by atoms with Crippen LogP contribution in [0.5, 0.6) is 0 Å². The van der Waals surface area contributed by atoms with E-state index in [9.17, 15) is 4.79 Å². The van der Waals surface area contributed by atoms with Crippen LogP contribution < -0.4 is 5.32 Å². The number of rotatable bonds is 8. The summed E-state index contributed by atoms with van der Waals surface area (Å²) in [5, 5.41) is 7.99.